The van der Waals surface area contributed by atoms with Crippen molar-refractivity contribution < 1.29 is 17.4 Å². The fourth-order valence-corrected chi connectivity index (χ4v) is 2.51. The molecule has 1 aliphatic rings. The van der Waals surface area contributed by atoms with Crippen LogP contribution in [-0.2, 0) is 23.6 Å². The van der Waals surface area contributed by atoms with Gasteiger partial charge in [0, 0.05) is 4.90 Å². The summed E-state index contributed by atoms with van der Waals surface area (Å²) in [4.78, 5) is -0.136. The van der Waals surface area contributed by atoms with Gasteiger partial charge in [0.05, 0.1) is 0 Å². The summed E-state index contributed by atoms with van der Waals surface area (Å²) in [5, 5.41) is 0. The topological polar surface area (TPSA) is 17.1 Å². The zero-order chi connectivity index (χ0) is 11.1. The van der Waals surface area contributed by atoms with Gasteiger partial charge in [0.1, 0.15) is 0 Å². The fraction of sp³-hybridized carbons (Fsp3) is 0.400. The van der Waals surface area contributed by atoms with E-state index in [9.17, 15) is 17.4 Å². The summed E-state index contributed by atoms with van der Waals surface area (Å²) in [7, 11) is -2.89. The van der Waals surface area contributed by atoms with E-state index in [2.05, 4.69) is 0 Å². The lowest BCUT2D eigenvalue weighted by Gasteiger charge is -2.07. The number of hydrogen-bond acceptors (Lipinski definition) is 1. The molecule has 0 spiro atoms. The van der Waals surface area contributed by atoms with Gasteiger partial charge in [0.2, 0.25) is 0 Å². The van der Waals surface area contributed by atoms with Crippen LogP contribution in [0.3, 0.4) is 0 Å². The number of benzene rings is 1. The lowest BCUT2D eigenvalue weighted by molar-refractivity contribution is -0.0384. The van der Waals surface area contributed by atoms with E-state index in [1.54, 1.807) is 6.07 Å². The normalized spacial score (nSPS) is 17.5. The van der Waals surface area contributed by atoms with Gasteiger partial charge in [-0.3, -0.25) is 0 Å². The van der Waals surface area contributed by atoms with Crippen molar-refractivity contribution in [1.82, 2.24) is 0 Å². The molecule has 1 aromatic rings. The first kappa shape index (κ1) is 10.7. The predicted molar refractivity (Wildman–Crippen MR) is 50.9 cm³/mol. The number of halogens is 3. The van der Waals surface area contributed by atoms with E-state index >= 15 is 0 Å². The van der Waals surface area contributed by atoms with E-state index in [1.807, 2.05) is 0 Å². The molecule has 0 saturated carbocycles. The summed E-state index contributed by atoms with van der Waals surface area (Å²) in [6.07, 6.45) is 2.67. The fourth-order valence-electron chi connectivity index (χ4n) is 1.80. The van der Waals surface area contributed by atoms with Crippen molar-refractivity contribution in [2.24, 2.45) is 0 Å². The van der Waals surface area contributed by atoms with Crippen LogP contribution in [0, 0.1) is 0 Å². The lowest BCUT2D eigenvalue weighted by Crippen LogP contribution is -2.16. The molecular formula is C10H9F3OS. The zero-order valence-corrected chi connectivity index (χ0v) is 8.62. The molecule has 0 bridgehead atoms. The van der Waals surface area contributed by atoms with E-state index in [1.165, 1.54) is 12.1 Å². The largest absolute Gasteiger partial charge is 0.475 e. The van der Waals surface area contributed by atoms with Gasteiger partial charge in [0.25, 0.3) is 0 Å². The third-order valence-corrected chi connectivity index (χ3v) is 3.60. The molecule has 15 heavy (non-hydrogen) atoms. The minimum absolute atomic E-state index is 0.136. The van der Waals surface area contributed by atoms with Gasteiger partial charge in [-0.05, 0) is 42.5 Å². The van der Waals surface area contributed by atoms with E-state index < -0.39 is 16.3 Å². The molecule has 1 nitrogen and oxygen atoms in total. The van der Waals surface area contributed by atoms with Crippen LogP contribution in [0.1, 0.15) is 17.5 Å². The van der Waals surface area contributed by atoms with Crippen molar-refractivity contribution in [2.45, 2.75) is 29.7 Å². The minimum Gasteiger partial charge on any atom is -0.245 e. The molecule has 0 saturated heterocycles. The highest BCUT2D eigenvalue weighted by Gasteiger charge is 2.38. The highest BCUT2D eigenvalue weighted by Crippen LogP contribution is 2.30. The summed E-state index contributed by atoms with van der Waals surface area (Å²) < 4.78 is 47.6. The highest BCUT2D eigenvalue weighted by molar-refractivity contribution is 7.86. The maximum atomic E-state index is 12.2. The Bertz CT molecular complexity index is 412. The van der Waals surface area contributed by atoms with Gasteiger partial charge in [-0.1, -0.05) is 6.07 Å². The second-order valence-corrected chi connectivity index (χ2v) is 4.97. The Morgan fingerprint density at radius 2 is 1.80 bits per heavy atom. The second-order valence-electron chi connectivity index (χ2n) is 3.50. The smallest absolute Gasteiger partial charge is 0.245 e. The van der Waals surface area contributed by atoms with Crippen LogP contribution in [-0.4, -0.2) is 9.72 Å². The van der Waals surface area contributed by atoms with Gasteiger partial charge in [0.15, 0.2) is 10.8 Å². The molecule has 1 aromatic carbocycles. The second kappa shape index (κ2) is 3.63. The van der Waals surface area contributed by atoms with Crippen LogP contribution in [0.2, 0.25) is 0 Å². The maximum absolute atomic E-state index is 12.2. The SMILES string of the molecule is O=S(c1ccc2c(c1)CCC2)C(F)(F)F. The molecule has 0 heterocycles. The molecular weight excluding hydrogens is 225 g/mol. The standard InChI is InChI=1S/C10H9F3OS/c11-10(12,13)15(14)9-5-4-7-2-1-3-8(7)6-9/h4-6H,1-3H2. The van der Waals surface area contributed by atoms with E-state index in [0.717, 1.165) is 30.4 Å². The molecule has 1 aliphatic carbocycles. The van der Waals surface area contributed by atoms with Crippen molar-refractivity contribution in [3.63, 3.8) is 0 Å². The maximum Gasteiger partial charge on any atom is 0.475 e. The Labute approximate surface area is 87.8 Å². The Balaban J connectivity index is 2.35. The molecule has 1 unspecified atom stereocenters. The third kappa shape index (κ3) is 2.07. The summed E-state index contributed by atoms with van der Waals surface area (Å²) in [6.45, 7) is 0. The summed E-state index contributed by atoms with van der Waals surface area (Å²) in [6, 6.07) is 4.39. The van der Waals surface area contributed by atoms with Crippen molar-refractivity contribution in [3.8, 4) is 0 Å². The average Bonchev–Trinajstić information content (AvgIpc) is 2.61. The number of rotatable bonds is 1. The molecule has 0 fully saturated rings. The van der Waals surface area contributed by atoms with Gasteiger partial charge in [-0.25, -0.2) is 4.21 Å². The molecule has 0 aromatic heterocycles. The van der Waals surface area contributed by atoms with Gasteiger partial charge in [-0.2, -0.15) is 13.2 Å². The predicted octanol–water partition coefficient (Wildman–Crippen LogP) is 2.80. The van der Waals surface area contributed by atoms with Crippen molar-refractivity contribution >= 4 is 10.8 Å². The molecule has 0 amide bonds. The highest BCUT2D eigenvalue weighted by atomic mass is 32.2. The summed E-state index contributed by atoms with van der Waals surface area (Å²) in [5.74, 6) is 0. The zero-order valence-electron chi connectivity index (χ0n) is 7.80. The van der Waals surface area contributed by atoms with Crippen LogP contribution in [0.5, 0.6) is 0 Å². The van der Waals surface area contributed by atoms with E-state index in [0.29, 0.717) is 0 Å². The van der Waals surface area contributed by atoms with Crippen LogP contribution in [0.4, 0.5) is 13.2 Å². The molecule has 2 rings (SSSR count). The minimum atomic E-state index is -4.66. The molecule has 0 aliphatic heterocycles. The van der Waals surface area contributed by atoms with Gasteiger partial charge in [-0.15, -0.1) is 0 Å². The Hall–Kier alpha value is -0.840. The Morgan fingerprint density at radius 3 is 2.47 bits per heavy atom. The first-order chi connectivity index (χ1) is 6.98. The van der Waals surface area contributed by atoms with E-state index in [4.69, 9.17) is 0 Å². The Morgan fingerprint density at radius 1 is 1.13 bits per heavy atom. The van der Waals surface area contributed by atoms with Gasteiger partial charge >= 0.3 is 5.51 Å². The average molecular weight is 234 g/mol. The van der Waals surface area contributed by atoms with Crippen LogP contribution >= 0.6 is 0 Å². The summed E-state index contributed by atoms with van der Waals surface area (Å²) >= 11 is 0. The molecule has 1 atom stereocenters. The van der Waals surface area contributed by atoms with Crippen molar-refractivity contribution in [2.75, 3.05) is 0 Å². The quantitative estimate of drug-likeness (QED) is 0.730. The molecule has 0 radical (unpaired) electrons. The monoisotopic (exact) mass is 234 g/mol. The third-order valence-electron chi connectivity index (χ3n) is 2.49. The molecule has 0 N–H and O–H groups in total. The van der Waals surface area contributed by atoms with Crippen LogP contribution in [0.15, 0.2) is 23.1 Å². The summed E-state index contributed by atoms with van der Waals surface area (Å²) in [5.41, 5.74) is -2.67. The van der Waals surface area contributed by atoms with E-state index in [-0.39, 0.29) is 4.90 Å². The first-order valence-corrected chi connectivity index (χ1v) is 5.74. The number of alkyl halides is 3. The number of aryl methyl sites for hydroxylation is 2. The van der Waals surface area contributed by atoms with Crippen LogP contribution < -0.4 is 0 Å². The molecule has 82 valence electrons. The first-order valence-electron chi connectivity index (χ1n) is 4.59. The molecule has 5 heteroatoms. The Kier molecular flexibility index (Phi) is 2.58. The van der Waals surface area contributed by atoms with Crippen LogP contribution in [0.25, 0.3) is 0 Å². The van der Waals surface area contributed by atoms with Gasteiger partial charge < -0.3 is 0 Å². The van der Waals surface area contributed by atoms with Crippen molar-refractivity contribution in [1.29, 1.82) is 0 Å². The number of fused-ring (bicyclic) bond motifs is 1. The van der Waals surface area contributed by atoms with Crippen molar-refractivity contribution in [3.05, 3.63) is 29.3 Å². The lowest BCUT2D eigenvalue weighted by atomic mass is 10.1. The number of hydrogen-bond donors (Lipinski definition) is 0.